The minimum atomic E-state index is -0.428. The molecule has 2 unspecified atom stereocenters. The fraction of sp³-hybridized carbons (Fsp3) is 0.160. The summed E-state index contributed by atoms with van der Waals surface area (Å²) in [5, 5.41) is 12.0. The Balaban J connectivity index is 1.46. The summed E-state index contributed by atoms with van der Waals surface area (Å²) in [6.45, 7) is 0.466. The number of aromatic nitrogens is 3. The predicted molar refractivity (Wildman–Crippen MR) is 128 cm³/mol. The number of carbonyl (C=O) groups excluding carboxylic acids is 1. The molecule has 0 saturated heterocycles. The van der Waals surface area contributed by atoms with E-state index in [0.717, 1.165) is 22.4 Å². The molecule has 0 radical (unpaired) electrons. The predicted octanol–water partition coefficient (Wildman–Crippen LogP) is 4.03. The lowest BCUT2D eigenvalue weighted by molar-refractivity contribution is -0.121. The van der Waals surface area contributed by atoms with Crippen LogP contribution in [0.3, 0.4) is 0 Å². The molecule has 7 nitrogen and oxygen atoms in total. The Morgan fingerprint density at radius 2 is 1.70 bits per heavy atom. The highest BCUT2D eigenvalue weighted by molar-refractivity contribution is 8.00. The van der Waals surface area contributed by atoms with E-state index in [0.29, 0.717) is 17.5 Å². The van der Waals surface area contributed by atoms with Gasteiger partial charge in [-0.1, -0.05) is 84.6 Å². The van der Waals surface area contributed by atoms with E-state index in [9.17, 15) is 4.79 Å². The molecule has 1 aliphatic heterocycles. The summed E-state index contributed by atoms with van der Waals surface area (Å²) < 4.78 is 7.18. The molecule has 0 bridgehead atoms. The second kappa shape index (κ2) is 9.38. The highest BCUT2D eigenvalue weighted by Crippen LogP contribution is 2.38. The monoisotopic (exact) mass is 457 g/mol. The molecule has 33 heavy (non-hydrogen) atoms. The molecule has 0 aliphatic carbocycles. The zero-order valence-electron chi connectivity index (χ0n) is 18.0. The van der Waals surface area contributed by atoms with Crippen molar-refractivity contribution in [3.8, 4) is 17.1 Å². The van der Waals surface area contributed by atoms with Gasteiger partial charge in [-0.05, 0) is 23.3 Å². The van der Waals surface area contributed by atoms with Crippen molar-refractivity contribution in [3.63, 3.8) is 0 Å². The van der Waals surface area contributed by atoms with Crippen LogP contribution in [0.2, 0.25) is 0 Å². The summed E-state index contributed by atoms with van der Waals surface area (Å²) in [7, 11) is 1.64. The van der Waals surface area contributed by atoms with Crippen LogP contribution in [-0.4, -0.2) is 33.1 Å². The fourth-order valence-electron chi connectivity index (χ4n) is 3.78. The second-order valence-corrected chi connectivity index (χ2v) is 8.74. The first-order valence-electron chi connectivity index (χ1n) is 10.6. The number of thioether (sulfide) groups is 1. The summed E-state index contributed by atoms with van der Waals surface area (Å²) in [6, 6.07) is 27.2. The van der Waals surface area contributed by atoms with Crippen LogP contribution in [-0.2, 0) is 11.3 Å². The molecule has 1 amide bonds. The van der Waals surface area contributed by atoms with E-state index in [1.54, 1.807) is 7.11 Å². The van der Waals surface area contributed by atoms with Gasteiger partial charge >= 0.3 is 0 Å². The average Bonchev–Trinajstić information content (AvgIpc) is 3.31. The summed E-state index contributed by atoms with van der Waals surface area (Å²) in [5.74, 6) is 1.41. The minimum absolute atomic E-state index is 0.0623. The number of carbonyl (C=O) groups is 1. The fourth-order valence-corrected chi connectivity index (χ4v) is 4.88. The number of hydrogen-bond acceptors (Lipinski definition) is 6. The van der Waals surface area contributed by atoms with E-state index in [1.807, 2.05) is 89.6 Å². The van der Waals surface area contributed by atoms with Gasteiger partial charge in [0.25, 0.3) is 0 Å². The number of rotatable bonds is 6. The third-order valence-corrected chi connectivity index (χ3v) is 6.73. The highest BCUT2D eigenvalue weighted by atomic mass is 32.2. The number of methoxy groups -OCH3 is 1. The summed E-state index contributed by atoms with van der Waals surface area (Å²) in [5.41, 5.74) is 6.47. The number of nitrogens with zero attached hydrogens (tertiary/aromatic N) is 3. The molecule has 3 aromatic carbocycles. The molecule has 4 aromatic rings. The van der Waals surface area contributed by atoms with Crippen molar-refractivity contribution in [3.05, 3.63) is 96.1 Å². The van der Waals surface area contributed by atoms with Gasteiger partial charge in [-0.25, -0.2) is 4.68 Å². The summed E-state index contributed by atoms with van der Waals surface area (Å²) in [4.78, 5) is 13.3. The minimum Gasteiger partial charge on any atom is -0.497 e. The first-order chi connectivity index (χ1) is 16.2. The van der Waals surface area contributed by atoms with Crippen LogP contribution in [0.15, 0.2) is 90.1 Å². The van der Waals surface area contributed by atoms with Crippen molar-refractivity contribution in [2.24, 2.45) is 0 Å². The van der Waals surface area contributed by atoms with Crippen LogP contribution < -0.4 is 15.5 Å². The van der Waals surface area contributed by atoms with Gasteiger partial charge in [0, 0.05) is 12.1 Å². The van der Waals surface area contributed by atoms with E-state index < -0.39 is 5.25 Å². The third-order valence-electron chi connectivity index (χ3n) is 5.51. The van der Waals surface area contributed by atoms with Crippen molar-refractivity contribution < 1.29 is 9.53 Å². The number of benzene rings is 3. The number of amides is 1. The molecule has 1 aromatic heterocycles. The summed E-state index contributed by atoms with van der Waals surface area (Å²) >= 11 is 1.41. The van der Waals surface area contributed by atoms with Gasteiger partial charge in [-0.2, -0.15) is 0 Å². The van der Waals surface area contributed by atoms with E-state index in [2.05, 4.69) is 20.9 Å². The second-order valence-electron chi connectivity index (χ2n) is 7.63. The van der Waals surface area contributed by atoms with Crippen LogP contribution in [0.25, 0.3) is 11.4 Å². The van der Waals surface area contributed by atoms with Gasteiger partial charge in [0.2, 0.25) is 11.1 Å². The first kappa shape index (κ1) is 21.1. The largest absolute Gasteiger partial charge is 0.497 e. The van der Waals surface area contributed by atoms with E-state index >= 15 is 0 Å². The van der Waals surface area contributed by atoms with Crippen molar-refractivity contribution in [1.82, 2.24) is 20.2 Å². The number of hydrogen-bond donors (Lipinski definition) is 2. The summed E-state index contributed by atoms with van der Waals surface area (Å²) in [6.07, 6.45) is 0. The molecule has 2 atom stereocenters. The highest BCUT2D eigenvalue weighted by Gasteiger charge is 2.37. The molecule has 5 rings (SSSR count). The molecule has 0 spiro atoms. The Bertz CT molecular complexity index is 1230. The molecule has 8 heteroatoms. The molecule has 2 N–H and O–H groups in total. The molecule has 0 saturated carbocycles. The van der Waals surface area contributed by atoms with Crippen molar-refractivity contribution >= 4 is 17.7 Å². The van der Waals surface area contributed by atoms with E-state index in [1.165, 1.54) is 11.8 Å². The maximum atomic E-state index is 13.3. The Kier molecular flexibility index (Phi) is 5.99. The maximum absolute atomic E-state index is 13.3. The van der Waals surface area contributed by atoms with Gasteiger partial charge < -0.3 is 15.5 Å². The molecule has 1 aliphatic rings. The lowest BCUT2D eigenvalue weighted by atomic mass is 10.0. The number of fused-ring (bicyclic) bond motifs is 1. The normalized spacial score (nSPS) is 17.0. The van der Waals surface area contributed by atoms with Crippen molar-refractivity contribution in [1.29, 1.82) is 0 Å². The topological polar surface area (TPSA) is 81.1 Å². The lowest BCUT2D eigenvalue weighted by Gasteiger charge is -2.33. The van der Waals surface area contributed by atoms with Crippen molar-refractivity contribution in [2.45, 2.75) is 23.0 Å². The van der Waals surface area contributed by atoms with Crippen molar-refractivity contribution in [2.75, 3.05) is 12.5 Å². The average molecular weight is 458 g/mol. The van der Waals surface area contributed by atoms with Crippen LogP contribution in [0.4, 0.5) is 0 Å². The van der Waals surface area contributed by atoms with Gasteiger partial charge in [0.15, 0.2) is 5.82 Å². The lowest BCUT2D eigenvalue weighted by Crippen LogP contribution is -2.43. The molecule has 0 fully saturated rings. The van der Waals surface area contributed by atoms with Crippen LogP contribution in [0.1, 0.15) is 17.2 Å². The van der Waals surface area contributed by atoms with Crippen LogP contribution in [0.5, 0.6) is 5.75 Å². The first-order valence-corrected chi connectivity index (χ1v) is 11.5. The zero-order valence-corrected chi connectivity index (χ0v) is 18.8. The zero-order chi connectivity index (χ0) is 22.6. The molecular formula is C25H23N5O2S. The van der Waals surface area contributed by atoms with Crippen LogP contribution in [0, 0.1) is 0 Å². The van der Waals surface area contributed by atoms with Gasteiger partial charge in [-0.15, -0.1) is 10.2 Å². The Morgan fingerprint density at radius 1 is 1.00 bits per heavy atom. The molecule has 2 heterocycles. The Hall–Kier alpha value is -3.78. The Labute approximate surface area is 196 Å². The van der Waals surface area contributed by atoms with Crippen LogP contribution >= 0.6 is 11.8 Å². The quantitative estimate of drug-likeness (QED) is 0.455. The van der Waals surface area contributed by atoms with Gasteiger partial charge in [-0.3, -0.25) is 4.79 Å². The third kappa shape index (κ3) is 4.42. The SMILES string of the molecule is COc1ccc(C2Nn3c(nnc3-c3ccccc3)SC2C(=O)NCc2ccccc2)cc1. The standard InChI is InChI=1S/C25H23N5O2S/c1-32-20-14-12-18(13-15-20)21-22(24(31)26-16-17-8-4-2-5-9-17)33-25-28-27-23(30(25)29-21)19-10-6-3-7-11-19/h2-15,21-22,29H,16H2,1H3,(H,26,31). The van der Waals surface area contributed by atoms with Gasteiger partial charge in [0.1, 0.15) is 11.0 Å². The van der Waals surface area contributed by atoms with Gasteiger partial charge in [0.05, 0.1) is 13.2 Å². The smallest absolute Gasteiger partial charge is 0.236 e. The van der Waals surface area contributed by atoms with E-state index in [-0.39, 0.29) is 11.9 Å². The number of ether oxygens (including phenoxy) is 1. The number of nitrogens with one attached hydrogen (secondary N) is 2. The maximum Gasteiger partial charge on any atom is 0.236 e. The van der Waals surface area contributed by atoms with E-state index in [4.69, 9.17) is 4.74 Å². The Morgan fingerprint density at radius 3 is 2.39 bits per heavy atom. The molecule has 166 valence electrons. The molecular weight excluding hydrogens is 434 g/mol.